The van der Waals surface area contributed by atoms with Crippen LogP contribution in [0.3, 0.4) is 0 Å². The first-order valence-electron chi connectivity index (χ1n) is 6.48. The van der Waals surface area contributed by atoms with Gasteiger partial charge in [0.05, 0.1) is 0 Å². The highest BCUT2D eigenvalue weighted by Gasteiger charge is 2.04. The maximum absolute atomic E-state index is 3.58. The molecule has 0 fully saturated rings. The van der Waals surface area contributed by atoms with Gasteiger partial charge in [-0.2, -0.15) is 0 Å². The standard InChI is InChI=1S/C14H27N/c1-4-7-9-10-12-14(11-8-5-2)15-13-6-3/h14-15H,4,6-7,9-13H2,1-3H3. The Bertz CT molecular complexity index is 176. The SMILES string of the molecule is CC#CCC(CCCCCC)NCCC. The molecule has 0 aromatic carbocycles. The summed E-state index contributed by atoms with van der Waals surface area (Å²) in [6.45, 7) is 7.53. The van der Waals surface area contributed by atoms with Gasteiger partial charge >= 0.3 is 0 Å². The van der Waals surface area contributed by atoms with Gasteiger partial charge < -0.3 is 5.32 Å². The van der Waals surface area contributed by atoms with E-state index in [0.717, 1.165) is 13.0 Å². The quantitative estimate of drug-likeness (QED) is 0.450. The van der Waals surface area contributed by atoms with E-state index in [1.54, 1.807) is 0 Å². The Balaban J connectivity index is 3.62. The first kappa shape index (κ1) is 14.5. The molecule has 1 heteroatoms. The minimum Gasteiger partial charge on any atom is -0.313 e. The summed E-state index contributed by atoms with van der Waals surface area (Å²) < 4.78 is 0. The first-order chi connectivity index (χ1) is 7.35. The third kappa shape index (κ3) is 9.82. The van der Waals surface area contributed by atoms with Crippen LogP contribution in [0.5, 0.6) is 0 Å². The number of hydrogen-bond donors (Lipinski definition) is 1. The monoisotopic (exact) mass is 209 g/mol. The zero-order valence-corrected chi connectivity index (χ0v) is 10.7. The number of hydrogen-bond acceptors (Lipinski definition) is 1. The van der Waals surface area contributed by atoms with Crippen LogP contribution in [-0.2, 0) is 0 Å². The van der Waals surface area contributed by atoms with Crippen LogP contribution < -0.4 is 5.32 Å². The van der Waals surface area contributed by atoms with Crippen molar-refractivity contribution in [2.75, 3.05) is 6.54 Å². The summed E-state index contributed by atoms with van der Waals surface area (Å²) >= 11 is 0. The number of rotatable bonds is 9. The van der Waals surface area contributed by atoms with Gasteiger partial charge in [0.2, 0.25) is 0 Å². The lowest BCUT2D eigenvalue weighted by atomic mass is 10.0. The lowest BCUT2D eigenvalue weighted by Crippen LogP contribution is -2.29. The molecule has 1 unspecified atom stereocenters. The van der Waals surface area contributed by atoms with Gasteiger partial charge in [0.1, 0.15) is 0 Å². The molecule has 0 aromatic rings. The Morgan fingerprint density at radius 3 is 2.47 bits per heavy atom. The molecule has 0 bridgehead atoms. The van der Waals surface area contributed by atoms with E-state index in [1.165, 1.54) is 38.5 Å². The van der Waals surface area contributed by atoms with E-state index in [-0.39, 0.29) is 0 Å². The van der Waals surface area contributed by atoms with Crippen molar-refractivity contribution >= 4 is 0 Å². The van der Waals surface area contributed by atoms with Gasteiger partial charge in [-0.05, 0) is 26.3 Å². The normalized spacial score (nSPS) is 11.9. The summed E-state index contributed by atoms with van der Waals surface area (Å²) in [5.74, 6) is 6.17. The predicted molar refractivity (Wildman–Crippen MR) is 68.9 cm³/mol. The summed E-state index contributed by atoms with van der Waals surface area (Å²) in [5, 5.41) is 3.58. The largest absolute Gasteiger partial charge is 0.313 e. The van der Waals surface area contributed by atoms with Gasteiger partial charge in [0.15, 0.2) is 0 Å². The van der Waals surface area contributed by atoms with Crippen LogP contribution in [0.25, 0.3) is 0 Å². The molecular weight excluding hydrogens is 182 g/mol. The highest BCUT2D eigenvalue weighted by Crippen LogP contribution is 2.07. The summed E-state index contributed by atoms with van der Waals surface area (Å²) in [6, 6.07) is 0.620. The lowest BCUT2D eigenvalue weighted by molar-refractivity contribution is 0.462. The molecule has 0 saturated heterocycles. The molecule has 88 valence electrons. The minimum absolute atomic E-state index is 0.620. The van der Waals surface area contributed by atoms with Crippen LogP contribution in [0.4, 0.5) is 0 Å². The molecule has 0 heterocycles. The fourth-order valence-electron chi connectivity index (χ4n) is 1.67. The number of unbranched alkanes of at least 4 members (excludes halogenated alkanes) is 3. The minimum atomic E-state index is 0.620. The van der Waals surface area contributed by atoms with Gasteiger partial charge in [0, 0.05) is 12.5 Å². The third-order valence-corrected chi connectivity index (χ3v) is 2.61. The van der Waals surface area contributed by atoms with Crippen LogP contribution in [0.2, 0.25) is 0 Å². The van der Waals surface area contributed by atoms with E-state index >= 15 is 0 Å². The Morgan fingerprint density at radius 1 is 1.07 bits per heavy atom. The summed E-state index contributed by atoms with van der Waals surface area (Å²) in [5.41, 5.74) is 0. The van der Waals surface area contributed by atoms with Crippen molar-refractivity contribution < 1.29 is 0 Å². The Morgan fingerprint density at radius 2 is 1.87 bits per heavy atom. The molecule has 0 saturated carbocycles. The van der Waals surface area contributed by atoms with Crippen molar-refractivity contribution in [1.29, 1.82) is 0 Å². The van der Waals surface area contributed by atoms with Crippen molar-refractivity contribution in [3.63, 3.8) is 0 Å². The van der Waals surface area contributed by atoms with E-state index in [1.807, 2.05) is 6.92 Å². The molecule has 0 spiro atoms. The van der Waals surface area contributed by atoms with Crippen molar-refractivity contribution in [2.45, 2.75) is 71.8 Å². The van der Waals surface area contributed by atoms with E-state index in [2.05, 4.69) is 31.0 Å². The van der Waals surface area contributed by atoms with Gasteiger partial charge in [0.25, 0.3) is 0 Å². The molecule has 0 aliphatic rings. The molecule has 0 amide bonds. The van der Waals surface area contributed by atoms with Crippen LogP contribution in [-0.4, -0.2) is 12.6 Å². The predicted octanol–water partition coefficient (Wildman–Crippen LogP) is 3.74. The molecule has 1 atom stereocenters. The van der Waals surface area contributed by atoms with Crippen LogP contribution >= 0.6 is 0 Å². The molecule has 15 heavy (non-hydrogen) atoms. The second-order valence-corrected chi connectivity index (χ2v) is 4.13. The average molecular weight is 209 g/mol. The maximum atomic E-state index is 3.58. The topological polar surface area (TPSA) is 12.0 Å². The summed E-state index contributed by atoms with van der Waals surface area (Å²) in [6.07, 6.45) is 8.94. The van der Waals surface area contributed by atoms with Gasteiger partial charge in [-0.1, -0.05) is 39.5 Å². The molecular formula is C14H27N. The molecule has 0 radical (unpaired) electrons. The molecule has 0 aromatic heterocycles. The summed E-state index contributed by atoms with van der Waals surface area (Å²) in [7, 11) is 0. The van der Waals surface area contributed by atoms with E-state index in [0.29, 0.717) is 6.04 Å². The highest BCUT2D eigenvalue weighted by atomic mass is 14.9. The zero-order chi connectivity index (χ0) is 11.4. The zero-order valence-electron chi connectivity index (χ0n) is 10.7. The second kappa shape index (κ2) is 11.6. The first-order valence-corrected chi connectivity index (χ1v) is 6.48. The highest BCUT2D eigenvalue weighted by molar-refractivity contribution is 4.98. The lowest BCUT2D eigenvalue weighted by Gasteiger charge is -2.15. The smallest absolute Gasteiger partial charge is 0.0243 e. The Kier molecular flexibility index (Phi) is 11.2. The van der Waals surface area contributed by atoms with Gasteiger partial charge in [-0.15, -0.1) is 11.8 Å². The third-order valence-electron chi connectivity index (χ3n) is 2.61. The van der Waals surface area contributed by atoms with Crippen molar-refractivity contribution in [3.05, 3.63) is 0 Å². The molecule has 1 nitrogen and oxygen atoms in total. The Hall–Kier alpha value is -0.480. The fraction of sp³-hybridized carbons (Fsp3) is 0.857. The molecule has 0 aliphatic carbocycles. The van der Waals surface area contributed by atoms with E-state index in [4.69, 9.17) is 0 Å². The fourth-order valence-corrected chi connectivity index (χ4v) is 1.67. The van der Waals surface area contributed by atoms with E-state index in [9.17, 15) is 0 Å². The van der Waals surface area contributed by atoms with Crippen molar-refractivity contribution in [1.82, 2.24) is 5.32 Å². The van der Waals surface area contributed by atoms with Gasteiger partial charge in [-0.25, -0.2) is 0 Å². The maximum Gasteiger partial charge on any atom is 0.0243 e. The Labute approximate surface area is 96.0 Å². The molecule has 1 N–H and O–H groups in total. The van der Waals surface area contributed by atoms with Crippen LogP contribution in [0.1, 0.15) is 65.7 Å². The van der Waals surface area contributed by atoms with Crippen LogP contribution in [0.15, 0.2) is 0 Å². The summed E-state index contributed by atoms with van der Waals surface area (Å²) in [4.78, 5) is 0. The van der Waals surface area contributed by atoms with E-state index < -0.39 is 0 Å². The average Bonchev–Trinajstić information content (AvgIpc) is 2.27. The van der Waals surface area contributed by atoms with Crippen molar-refractivity contribution in [2.24, 2.45) is 0 Å². The number of nitrogens with one attached hydrogen (secondary N) is 1. The second-order valence-electron chi connectivity index (χ2n) is 4.13. The molecule has 0 aliphatic heterocycles. The molecule has 0 rings (SSSR count). The van der Waals surface area contributed by atoms with Crippen LogP contribution in [0, 0.1) is 11.8 Å². The van der Waals surface area contributed by atoms with Crippen molar-refractivity contribution in [3.8, 4) is 11.8 Å². The van der Waals surface area contributed by atoms with Gasteiger partial charge in [-0.3, -0.25) is 0 Å².